The molecule has 1 heterocycles. The van der Waals surface area contributed by atoms with Crippen molar-refractivity contribution in [2.75, 3.05) is 0 Å². The first-order valence-corrected chi connectivity index (χ1v) is 5.75. The average Bonchev–Trinajstić information content (AvgIpc) is 2.55. The van der Waals surface area contributed by atoms with Gasteiger partial charge >= 0.3 is 6.03 Å². The van der Waals surface area contributed by atoms with Gasteiger partial charge in [-0.05, 0) is 26.3 Å². The number of nitrogens with zero attached hydrogens (tertiary/aromatic N) is 1. The predicted molar refractivity (Wildman–Crippen MR) is 67.2 cm³/mol. The van der Waals surface area contributed by atoms with E-state index in [2.05, 4.69) is 5.32 Å². The van der Waals surface area contributed by atoms with Crippen LogP contribution < -0.4 is 5.32 Å². The summed E-state index contributed by atoms with van der Waals surface area (Å²) in [6, 6.07) is 7.57. The van der Waals surface area contributed by atoms with E-state index in [1.54, 1.807) is 4.90 Å². The van der Waals surface area contributed by atoms with Crippen LogP contribution in [0.4, 0.5) is 4.79 Å². The summed E-state index contributed by atoms with van der Waals surface area (Å²) in [5.74, 6) is 0.257. The minimum Gasteiger partial charge on any atom is -0.308 e. The Balaban J connectivity index is 2.38. The number of carbonyl (C=O) groups is 1. The van der Waals surface area contributed by atoms with E-state index in [1.807, 2.05) is 45.0 Å². The van der Waals surface area contributed by atoms with Crippen LogP contribution in [-0.2, 0) is 0 Å². The molecule has 90 valence electrons. The standard InChI is InChI=1S/C13H17N3O/c1-8(2)16-11(12(14)15-13(16)17)10-6-4-9(3)5-7-10/h4-8,11H,1-3H3,(H2,14,15,17). The van der Waals surface area contributed by atoms with Gasteiger partial charge in [-0.15, -0.1) is 0 Å². The van der Waals surface area contributed by atoms with E-state index in [0.717, 1.165) is 5.56 Å². The fraction of sp³-hybridized carbons (Fsp3) is 0.385. The molecule has 2 N–H and O–H groups in total. The Morgan fingerprint density at radius 1 is 1.29 bits per heavy atom. The molecule has 4 heteroatoms. The van der Waals surface area contributed by atoms with Gasteiger partial charge in [0.2, 0.25) is 0 Å². The Kier molecular flexibility index (Phi) is 2.88. The van der Waals surface area contributed by atoms with E-state index in [-0.39, 0.29) is 24.0 Å². The SMILES string of the molecule is Cc1ccc(C2C(=N)NC(=O)N2C(C)C)cc1. The maximum atomic E-state index is 11.8. The number of nitrogens with one attached hydrogen (secondary N) is 2. The van der Waals surface area contributed by atoms with Crippen molar-refractivity contribution < 1.29 is 4.79 Å². The molecule has 0 radical (unpaired) electrons. The third kappa shape index (κ3) is 2.02. The Morgan fingerprint density at radius 2 is 1.88 bits per heavy atom. The molecule has 1 aliphatic rings. The van der Waals surface area contributed by atoms with Gasteiger partial charge in [-0.25, -0.2) is 4.79 Å². The zero-order valence-electron chi connectivity index (χ0n) is 10.3. The molecule has 1 aliphatic heterocycles. The van der Waals surface area contributed by atoms with Gasteiger partial charge in [-0.3, -0.25) is 10.7 Å². The molecule has 1 aromatic carbocycles. The highest BCUT2D eigenvalue weighted by atomic mass is 16.2. The van der Waals surface area contributed by atoms with Crippen molar-refractivity contribution in [1.29, 1.82) is 5.41 Å². The lowest BCUT2D eigenvalue weighted by Crippen LogP contribution is -2.35. The summed E-state index contributed by atoms with van der Waals surface area (Å²) in [5.41, 5.74) is 2.15. The summed E-state index contributed by atoms with van der Waals surface area (Å²) in [6.45, 7) is 5.94. The normalized spacial score (nSPS) is 20.0. The van der Waals surface area contributed by atoms with E-state index in [0.29, 0.717) is 0 Å². The summed E-state index contributed by atoms with van der Waals surface area (Å²) in [6.07, 6.45) is 0. The quantitative estimate of drug-likeness (QED) is 0.807. The summed E-state index contributed by atoms with van der Waals surface area (Å²) >= 11 is 0. The van der Waals surface area contributed by atoms with Crippen LogP contribution in [-0.4, -0.2) is 22.8 Å². The topological polar surface area (TPSA) is 56.2 Å². The Labute approximate surface area is 101 Å². The first kappa shape index (κ1) is 11.6. The van der Waals surface area contributed by atoms with Gasteiger partial charge in [-0.1, -0.05) is 29.8 Å². The molecule has 1 saturated heterocycles. The molecule has 17 heavy (non-hydrogen) atoms. The number of hydrogen-bond donors (Lipinski definition) is 2. The number of aryl methyl sites for hydroxylation is 1. The van der Waals surface area contributed by atoms with Gasteiger partial charge in [-0.2, -0.15) is 0 Å². The molecule has 0 spiro atoms. The second-order valence-electron chi connectivity index (χ2n) is 4.66. The van der Waals surface area contributed by atoms with Crippen molar-refractivity contribution in [1.82, 2.24) is 10.2 Å². The lowest BCUT2D eigenvalue weighted by atomic mass is 10.0. The van der Waals surface area contributed by atoms with Gasteiger partial charge in [0.05, 0.1) is 0 Å². The Hall–Kier alpha value is -1.84. The predicted octanol–water partition coefficient (Wildman–Crippen LogP) is 2.45. The number of amidine groups is 1. The molecular weight excluding hydrogens is 214 g/mol. The van der Waals surface area contributed by atoms with Crippen molar-refractivity contribution >= 4 is 11.9 Å². The van der Waals surface area contributed by atoms with Crippen LogP contribution in [0.2, 0.25) is 0 Å². The van der Waals surface area contributed by atoms with Crippen molar-refractivity contribution in [2.24, 2.45) is 0 Å². The first-order chi connectivity index (χ1) is 8.00. The Bertz CT molecular complexity index is 450. The van der Waals surface area contributed by atoms with Gasteiger partial charge in [0.25, 0.3) is 0 Å². The molecule has 1 aromatic rings. The van der Waals surface area contributed by atoms with Crippen LogP contribution >= 0.6 is 0 Å². The second kappa shape index (κ2) is 4.20. The monoisotopic (exact) mass is 231 g/mol. The number of rotatable bonds is 2. The molecule has 0 bridgehead atoms. The Morgan fingerprint density at radius 3 is 2.41 bits per heavy atom. The fourth-order valence-electron chi connectivity index (χ4n) is 2.11. The molecule has 0 saturated carbocycles. The van der Waals surface area contributed by atoms with Crippen LogP contribution in [0.5, 0.6) is 0 Å². The maximum Gasteiger partial charge on any atom is 0.323 e. The minimum atomic E-state index is -0.275. The number of hydrogen-bond acceptors (Lipinski definition) is 2. The van der Waals surface area contributed by atoms with Crippen LogP contribution in [0, 0.1) is 12.3 Å². The molecule has 0 aromatic heterocycles. The van der Waals surface area contributed by atoms with Crippen molar-refractivity contribution in [2.45, 2.75) is 32.9 Å². The zero-order valence-corrected chi connectivity index (χ0v) is 10.3. The summed E-state index contributed by atoms with van der Waals surface area (Å²) in [7, 11) is 0. The number of benzene rings is 1. The van der Waals surface area contributed by atoms with E-state index in [9.17, 15) is 4.79 Å². The van der Waals surface area contributed by atoms with Crippen LogP contribution in [0.15, 0.2) is 24.3 Å². The molecule has 2 rings (SSSR count). The highest BCUT2D eigenvalue weighted by Gasteiger charge is 2.38. The van der Waals surface area contributed by atoms with Crippen LogP contribution in [0.3, 0.4) is 0 Å². The molecule has 1 fully saturated rings. The summed E-state index contributed by atoms with van der Waals surface area (Å²) < 4.78 is 0. The second-order valence-corrected chi connectivity index (χ2v) is 4.66. The van der Waals surface area contributed by atoms with Crippen LogP contribution in [0.1, 0.15) is 31.0 Å². The van der Waals surface area contributed by atoms with Gasteiger partial charge in [0.15, 0.2) is 0 Å². The number of carbonyl (C=O) groups excluding carboxylic acids is 1. The maximum absolute atomic E-state index is 11.8. The smallest absolute Gasteiger partial charge is 0.308 e. The average molecular weight is 231 g/mol. The van der Waals surface area contributed by atoms with E-state index in [4.69, 9.17) is 5.41 Å². The summed E-state index contributed by atoms with van der Waals surface area (Å²) in [4.78, 5) is 13.5. The van der Waals surface area contributed by atoms with Gasteiger partial charge < -0.3 is 4.90 Å². The van der Waals surface area contributed by atoms with E-state index >= 15 is 0 Å². The van der Waals surface area contributed by atoms with E-state index in [1.165, 1.54) is 5.56 Å². The molecular formula is C13H17N3O. The molecule has 2 amide bonds. The van der Waals surface area contributed by atoms with Crippen LogP contribution in [0.25, 0.3) is 0 Å². The largest absolute Gasteiger partial charge is 0.323 e. The highest BCUT2D eigenvalue weighted by Crippen LogP contribution is 2.27. The third-order valence-corrected chi connectivity index (χ3v) is 2.98. The van der Waals surface area contributed by atoms with Gasteiger partial charge in [0.1, 0.15) is 11.9 Å². The lowest BCUT2D eigenvalue weighted by Gasteiger charge is -2.26. The van der Waals surface area contributed by atoms with Crippen molar-refractivity contribution in [3.8, 4) is 0 Å². The molecule has 1 atom stereocenters. The summed E-state index contributed by atoms with van der Waals surface area (Å²) in [5, 5.41) is 10.5. The fourth-order valence-corrected chi connectivity index (χ4v) is 2.11. The zero-order chi connectivity index (χ0) is 12.6. The molecule has 0 aliphatic carbocycles. The first-order valence-electron chi connectivity index (χ1n) is 5.75. The highest BCUT2D eigenvalue weighted by molar-refractivity contribution is 6.06. The third-order valence-electron chi connectivity index (χ3n) is 2.98. The van der Waals surface area contributed by atoms with E-state index < -0.39 is 0 Å². The van der Waals surface area contributed by atoms with Crippen molar-refractivity contribution in [3.63, 3.8) is 0 Å². The molecule has 4 nitrogen and oxygen atoms in total. The van der Waals surface area contributed by atoms with Gasteiger partial charge in [0, 0.05) is 6.04 Å². The van der Waals surface area contributed by atoms with Crippen molar-refractivity contribution in [3.05, 3.63) is 35.4 Å². The lowest BCUT2D eigenvalue weighted by molar-refractivity contribution is 0.190. The number of urea groups is 1. The minimum absolute atomic E-state index is 0.0733. The number of amides is 2. The molecule has 1 unspecified atom stereocenters.